The van der Waals surface area contributed by atoms with Gasteiger partial charge in [0.1, 0.15) is 6.61 Å². The summed E-state index contributed by atoms with van der Waals surface area (Å²) in [4.78, 5) is 22.0. The van der Waals surface area contributed by atoms with Crippen molar-refractivity contribution in [3.8, 4) is 0 Å². The topological polar surface area (TPSA) is 139 Å². The highest BCUT2D eigenvalue weighted by Gasteiger charge is 2.04. The normalized spacial score (nSPS) is 10.3. The van der Waals surface area contributed by atoms with E-state index in [4.69, 9.17) is 9.84 Å². The van der Waals surface area contributed by atoms with E-state index < -0.39 is 12.1 Å². The van der Waals surface area contributed by atoms with Gasteiger partial charge in [-0.1, -0.05) is 18.6 Å². The third kappa shape index (κ3) is 8.08. The number of aromatic nitrogens is 4. The summed E-state index contributed by atoms with van der Waals surface area (Å²) in [6.45, 7) is 2.31. The number of aliphatic carboxylic acids is 1. The van der Waals surface area contributed by atoms with E-state index in [2.05, 4.69) is 31.0 Å². The first-order valence-electron chi connectivity index (χ1n) is 8.55. The number of amides is 1. The number of benzene rings is 1. The number of aryl methyl sites for hydroxylation is 1. The van der Waals surface area contributed by atoms with Gasteiger partial charge in [-0.2, -0.15) is 0 Å². The van der Waals surface area contributed by atoms with Crippen LogP contribution in [0, 0.1) is 6.92 Å². The molecule has 27 heavy (non-hydrogen) atoms. The van der Waals surface area contributed by atoms with Crippen LogP contribution < -0.4 is 10.6 Å². The highest BCUT2D eigenvalue weighted by molar-refractivity contribution is 5.67. The molecule has 144 valence electrons. The maximum absolute atomic E-state index is 11.6. The molecule has 0 aliphatic heterocycles. The van der Waals surface area contributed by atoms with Gasteiger partial charge in [0, 0.05) is 18.7 Å². The van der Waals surface area contributed by atoms with E-state index in [1.165, 1.54) is 0 Å². The Kier molecular flexibility index (Phi) is 7.89. The average Bonchev–Trinajstić information content (AvgIpc) is 2.65. The molecule has 2 aromatic rings. The summed E-state index contributed by atoms with van der Waals surface area (Å²) in [6.07, 6.45) is 1.72. The fourth-order valence-electron chi connectivity index (χ4n) is 2.11. The van der Waals surface area contributed by atoms with Crippen molar-refractivity contribution in [2.24, 2.45) is 0 Å². The predicted molar refractivity (Wildman–Crippen MR) is 96.4 cm³/mol. The quantitative estimate of drug-likeness (QED) is 0.534. The number of alkyl carbamates (subject to hydrolysis) is 1. The summed E-state index contributed by atoms with van der Waals surface area (Å²) in [6, 6.07) is 7.25. The Morgan fingerprint density at radius 3 is 2.41 bits per heavy atom. The molecule has 10 nitrogen and oxygen atoms in total. The van der Waals surface area contributed by atoms with Gasteiger partial charge in [0.15, 0.2) is 5.82 Å². The fraction of sp³-hybridized carbons (Fsp3) is 0.412. The van der Waals surface area contributed by atoms with Crippen LogP contribution in [0.15, 0.2) is 24.3 Å². The molecule has 2 rings (SSSR count). The van der Waals surface area contributed by atoms with Gasteiger partial charge in [-0.3, -0.25) is 4.79 Å². The van der Waals surface area contributed by atoms with E-state index in [1.54, 1.807) is 6.92 Å². The van der Waals surface area contributed by atoms with Crippen LogP contribution in [0.2, 0.25) is 0 Å². The molecule has 0 atom stereocenters. The lowest BCUT2D eigenvalue weighted by molar-refractivity contribution is -0.137. The van der Waals surface area contributed by atoms with Crippen molar-refractivity contribution in [2.45, 2.75) is 39.2 Å². The van der Waals surface area contributed by atoms with E-state index in [-0.39, 0.29) is 13.0 Å². The van der Waals surface area contributed by atoms with Gasteiger partial charge in [0.25, 0.3) is 5.95 Å². The third-order valence-electron chi connectivity index (χ3n) is 3.50. The number of carboxylic acid groups (broad SMARTS) is 1. The third-order valence-corrected chi connectivity index (χ3v) is 3.50. The summed E-state index contributed by atoms with van der Waals surface area (Å²) in [5.41, 5.74) is 1.59. The molecule has 0 saturated heterocycles. The molecular formula is C17H22N6O4. The summed E-state index contributed by atoms with van der Waals surface area (Å²) in [5, 5.41) is 29.5. The Labute approximate surface area is 156 Å². The number of hydrogen-bond donors (Lipinski definition) is 3. The first kappa shape index (κ1) is 20.0. The largest absolute Gasteiger partial charge is 0.481 e. The lowest BCUT2D eigenvalue weighted by Gasteiger charge is -2.08. The molecule has 0 saturated carbocycles. The van der Waals surface area contributed by atoms with Crippen molar-refractivity contribution in [2.75, 3.05) is 11.9 Å². The van der Waals surface area contributed by atoms with Gasteiger partial charge in [-0.05, 0) is 37.5 Å². The number of unbranched alkanes of at least 4 members (excludes halogenated alkanes) is 2. The molecule has 3 N–H and O–H groups in total. The van der Waals surface area contributed by atoms with Crippen LogP contribution in [0.3, 0.4) is 0 Å². The minimum atomic E-state index is -0.802. The number of carbonyl (C=O) groups excluding carboxylic acids is 1. The molecule has 0 unspecified atom stereocenters. The van der Waals surface area contributed by atoms with Crippen LogP contribution in [-0.2, 0) is 16.1 Å². The van der Waals surface area contributed by atoms with Crippen molar-refractivity contribution in [1.29, 1.82) is 0 Å². The van der Waals surface area contributed by atoms with Crippen LogP contribution in [0.5, 0.6) is 0 Å². The molecule has 0 aliphatic carbocycles. The summed E-state index contributed by atoms with van der Waals surface area (Å²) in [7, 11) is 0. The van der Waals surface area contributed by atoms with Crippen molar-refractivity contribution in [3.05, 3.63) is 35.7 Å². The molecule has 1 aromatic heterocycles. The molecule has 1 amide bonds. The van der Waals surface area contributed by atoms with E-state index in [0.29, 0.717) is 31.2 Å². The highest BCUT2D eigenvalue weighted by atomic mass is 16.5. The van der Waals surface area contributed by atoms with E-state index in [0.717, 1.165) is 17.7 Å². The monoisotopic (exact) mass is 374 g/mol. The zero-order chi connectivity index (χ0) is 19.5. The first-order valence-corrected chi connectivity index (χ1v) is 8.55. The highest BCUT2D eigenvalue weighted by Crippen LogP contribution is 2.13. The van der Waals surface area contributed by atoms with Gasteiger partial charge < -0.3 is 20.5 Å². The molecule has 0 radical (unpaired) electrons. The zero-order valence-corrected chi connectivity index (χ0v) is 15.0. The van der Waals surface area contributed by atoms with Gasteiger partial charge in [0.2, 0.25) is 0 Å². The Morgan fingerprint density at radius 2 is 1.74 bits per heavy atom. The molecule has 0 fully saturated rings. The van der Waals surface area contributed by atoms with E-state index in [9.17, 15) is 9.59 Å². The second-order valence-electron chi connectivity index (χ2n) is 5.80. The molecule has 0 bridgehead atoms. The summed E-state index contributed by atoms with van der Waals surface area (Å²) in [5.74, 6) is -0.0118. The number of carboxylic acids is 1. The van der Waals surface area contributed by atoms with E-state index in [1.807, 2.05) is 24.3 Å². The van der Waals surface area contributed by atoms with Crippen LogP contribution >= 0.6 is 0 Å². The van der Waals surface area contributed by atoms with Crippen LogP contribution in [0.4, 0.5) is 16.4 Å². The number of nitrogens with zero attached hydrogens (tertiary/aromatic N) is 4. The first-order chi connectivity index (χ1) is 13.0. The maximum atomic E-state index is 11.6. The predicted octanol–water partition coefficient (Wildman–Crippen LogP) is 2.19. The van der Waals surface area contributed by atoms with E-state index >= 15 is 0 Å². The zero-order valence-electron chi connectivity index (χ0n) is 15.0. The number of nitrogens with one attached hydrogen (secondary N) is 2. The van der Waals surface area contributed by atoms with Gasteiger partial charge >= 0.3 is 12.1 Å². The van der Waals surface area contributed by atoms with Crippen LogP contribution in [0.1, 0.15) is 37.1 Å². The molecule has 10 heteroatoms. The van der Waals surface area contributed by atoms with Crippen LogP contribution in [-0.4, -0.2) is 44.1 Å². The van der Waals surface area contributed by atoms with Crippen molar-refractivity contribution < 1.29 is 19.4 Å². The summed E-state index contributed by atoms with van der Waals surface area (Å²) < 4.78 is 5.13. The molecule has 1 heterocycles. The number of ether oxygens (including phenoxy) is 1. The lowest BCUT2D eigenvalue weighted by atomic mass is 10.2. The maximum Gasteiger partial charge on any atom is 0.407 e. The van der Waals surface area contributed by atoms with Crippen LogP contribution in [0.25, 0.3) is 0 Å². The Morgan fingerprint density at radius 1 is 1.04 bits per heavy atom. The van der Waals surface area contributed by atoms with Crippen molar-refractivity contribution in [3.63, 3.8) is 0 Å². The number of rotatable bonds is 10. The van der Waals surface area contributed by atoms with Gasteiger partial charge in [0.05, 0.1) is 0 Å². The molecular weight excluding hydrogens is 352 g/mol. The SMILES string of the molecule is Cc1nnc(Nc2ccc(COC(=O)NCCCCCC(=O)O)cc2)nn1. The Hall–Kier alpha value is -3.30. The Bertz CT molecular complexity index is 736. The smallest absolute Gasteiger partial charge is 0.407 e. The van der Waals surface area contributed by atoms with Gasteiger partial charge in [-0.15, -0.1) is 20.4 Å². The molecule has 1 aromatic carbocycles. The molecule has 0 aliphatic rings. The Balaban J connectivity index is 1.65. The average molecular weight is 374 g/mol. The van der Waals surface area contributed by atoms with Crippen molar-refractivity contribution >= 4 is 23.7 Å². The second-order valence-corrected chi connectivity index (χ2v) is 5.80. The number of anilines is 2. The second kappa shape index (κ2) is 10.6. The van der Waals surface area contributed by atoms with Gasteiger partial charge in [-0.25, -0.2) is 4.79 Å². The summed E-state index contributed by atoms with van der Waals surface area (Å²) >= 11 is 0. The fourth-order valence-corrected chi connectivity index (χ4v) is 2.11. The minimum Gasteiger partial charge on any atom is -0.481 e. The lowest BCUT2D eigenvalue weighted by Crippen LogP contribution is -2.25. The number of carbonyl (C=O) groups is 2. The molecule has 0 spiro atoms. The standard InChI is InChI=1S/C17H22N6O4/c1-12-20-22-16(23-21-12)19-14-8-6-13(7-9-14)11-27-17(26)18-10-4-2-3-5-15(24)25/h6-9H,2-5,10-11H2,1H3,(H,18,26)(H,24,25)(H,19,22,23). The number of hydrogen-bond acceptors (Lipinski definition) is 8. The van der Waals surface area contributed by atoms with Crippen molar-refractivity contribution in [1.82, 2.24) is 25.7 Å². The minimum absolute atomic E-state index is 0.148.